The molecule has 0 radical (unpaired) electrons. The Morgan fingerprint density at radius 1 is 1.44 bits per heavy atom. The fraction of sp³-hybridized carbons (Fsp3) is 0.333. The highest BCUT2D eigenvalue weighted by molar-refractivity contribution is 5.96. The van der Waals surface area contributed by atoms with Gasteiger partial charge in [0.1, 0.15) is 6.54 Å². The first-order valence-corrected chi connectivity index (χ1v) is 5.34. The average molecular weight is 255 g/mol. The van der Waals surface area contributed by atoms with Crippen molar-refractivity contribution in [2.75, 3.05) is 20.2 Å². The van der Waals surface area contributed by atoms with E-state index in [0.29, 0.717) is 0 Å². The Kier molecular flexibility index (Phi) is 4.65. The van der Waals surface area contributed by atoms with Gasteiger partial charge in [-0.15, -0.1) is 0 Å². The normalized spacial score (nSPS) is 9.94. The highest BCUT2D eigenvalue weighted by Crippen LogP contribution is 2.18. The molecule has 0 aliphatic carbocycles. The maximum atomic E-state index is 13.4. The van der Waals surface area contributed by atoms with Crippen molar-refractivity contribution >= 4 is 11.9 Å². The maximum absolute atomic E-state index is 13.4. The van der Waals surface area contributed by atoms with Crippen molar-refractivity contribution in [1.29, 1.82) is 0 Å². The monoisotopic (exact) mass is 255 g/mol. The van der Waals surface area contributed by atoms with Gasteiger partial charge >= 0.3 is 5.97 Å². The molecule has 0 aliphatic heterocycles. The van der Waals surface area contributed by atoms with E-state index < -0.39 is 24.2 Å². The Bertz CT molecular complexity index is 461. The summed E-state index contributed by atoms with van der Waals surface area (Å²) in [5.74, 6) is -2.26. The van der Waals surface area contributed by atoms with Crippen LogP contribution < -0.4 is 4.74 Å². The summed E-state index contributed by atoms with van der Waals surface area (Å²) in [6.45, 7) is 1.47. The summed E-state index contributed by atoms with van der Waals surface area (Å²) < 4.78 is 18.2. The van der Waals surface area contributed by atoms with Crippen LogP contribution in [-0.4, -0.2) is 42.1 Å². The molecular weight excluding hydrogens is 241 g/mol. The standard InChI is InChI=1S/C12H14FNO4/c1-3-14(7-11(15)16)12(17)8-4-5-10(18-2)9(13)6-8/h4-6H,3,7H2,1-2H3,(H,15,16). The minimum absolute atomic E-state index is 0.0350. The molecule has 98 valence electrons. The average Bonchev–Trinajstić information content (AvgIpc) is 2.34. The number of nitrogens with zero attached hydrogens (tertiary/aromatic N) is 1. The number of carboxylic acids is 1. The SMILES string of the molecule is CCN(CC(=O)O)C(=O)c1ccc(OC)c(F)c1. The molecule has 1 aromatic rings. The number of benzene rings is 1. The zero-order valence-corrected chi connectivity index (χ0v) is 10.1. The first kappa shape index (κ1) is 14.0. The molecule has 0 saturated heterocycles. The van der Waals surface area contributed by atoms with Crippen LogP contribution >= 0.6 is 0 Å². The van der Waals surface area contributed by atoms with Crippen molar-refractivity contribution in [1.82, 2.24) is 4.90 Å². The van der Waals surface area contributed by atoms with Crippen molar-refractivity contribution in [3.8, 4) is 5.75 Å². The molecule has 1 N–H and O–H groups in total. The van der Waals surface area contributed by atoms with Crippen molar-refractivity contribution in [3.05, 3.63) is 29.6 Å². The van der Waals surface area contributed by atoms with Crippen LogP contribution in [-0.2, 0) is 4.79 Å². The van der Waals surface area contributed by atoms with Crippen LogP contribution in [0.4, 0.5) is 4.39 Å². The molecule has 0 unspecified atom stereocenters. The number of amides is 1. The van der Waals surface area contributed by atoms with Crippen molar-refractivity contribution in [2.24, 2.45) is 0 Å². The molecule has 0 fully saturated rings. The smallest absolute Gasteiger partial charge is 0.323 e. The van der Waals surface area contributed by atoms with Crippen LogP contribution in [0, 0.1) is 5.82 Å². The molecule has 0 heterocycles. The predicted molar refractivity (Wildman–Crippen MR) is 62.2 cm³/mol. The van der Waals surface area contributed by atoms with E-state index in [1.807, 2.05) is 0 Å². The van der Waals surface area contributed by atoms with Crippen LogP contribution in [0.5, 0.6) is 5.75 Å². The van der Waals surface area contributed by atoms with Crippen LogP contribution in [0.3, 0.4) is 0 Å². The van der Waals surface area contributed by atoms with Crippen LogP contribution in [0.15, 0.2) is 18.2 Å². The summed E-state index contributed by atoms with van der Waals surface area (Å²) in [5, 5.41) is 8.66. The van der Waals surface area contributed by atoms with Crippen LogP contribution in [0.1, 0.15) is 17.3 Å². The van der Waals surface area contributed by atoms with E-state index in [4.69, 9.17) is 9.84 Å². The Hall–Kier alpha value is -2.11. The first-order valence-electron chi connectivity index (χ1n) is 5.34. The van der Waals surface area contributed by atoms with E-state index in [1.54, 1.807) is 6.92 Å². The second kappa shape index (κ2) is 6.00. The number of hydrogen-bond acceptors (Lipinski definition) is 3. The summed E-state index contributed by atoms with van der Waals surface area (Å²) in [5.41, 5.74) is 0.0939. The van der Waals surface area contributed by atoms with E-state index >= 15 is 0 Å². The Balaban J connectivity index is 2.95. The molecular formula is C12H14FNO4. The van der Waals surface area contributed by atoms with E-state index in [9.17, 15) is 14.0 Å². The third-order valence-electron chi connectivity index (χ3n) is 2.39. The third kappa shape index (κ3) is 3.19. The molecule has 0 atom stereocenters. The van der Waals surface area contributed by atoms with Crippen LogP contribution in [0.25, 0.3) is 0 Å². The molecule has 0 bridgehead atoms. The number of carboxylic acid groups (broad SMARTS) is 1. The zero-order chi connectivity index (χ0) is 13.7. The number of aliphatic carboxylic acids is 1. The van der Waals surface area contributed by atoms with E-state index in [1.165, 1.54) is 19.2 Å². The first-order chi connectivity index (χ1) is 8.49. The number of likely N-dealkylation sites (N-methyl/N-ethyl adjacent to an activating group) is 1. The fourth-order valence-corrected chi connectivity index (χ4v) is 1.47. The molecule has 1 amide bonds. The van der Waals surface area contributed by atoms with Gasteiger partial charge in [-0.05, 0) is 25.1 Å². The van der Waals surface area contributed by atoms with Gasteiger partial charge in [0.2, 0.25) is 0 Å². The Morgan fingerprint density at radius 2 is 2.11 bits per heavy atom. The molecule has 0 aromatic heterocycles. The third-order valence-corrected chi connectivity index (χ3v) is 2.39. The molecule has 0 aliphatic rings. The lowest BCUT2D eigenvalue weighted by molar-refractivity contribution is -0.137. The van der Waals surface area contributed by atoms with Gasteiger partial charge in [0.25, 0.3) is 5.91 Å². The molecule has 6 heteroatoms. The summed E-state index contributed by atoms with van der Waals surface area (Å²) in [7, 11) is 1.32. The zero-order valence-electron chi connectivity index (χ0n) is 10.1. The van der Waals surface area contributed by atoms with Gasteiger partial charge < -0.3 is 14.7 Å². The van der Waals surface area contributed by atoms with Crippen LogP contribution in [0.2, 0.25) is 0 Å². The lowest BCUT2D eigenvalue weighted by atomic mass is 10.2. The van der Waals surface area contributed by atoms with E-state index in [0.717, 1.165) is 11.0 Å². The number of rotatable bonds is 5. The lowest BCUT2D eigenvalue weighted by Gasteiger charge is -2.18. The number of carbonyl (C=O) groups excluding carboxylic acids is 1. The lowest BCUT2D eigenvalue weighted by Crippen LogP contribution is -2.35. The fourth-order valence-electron chi connectivity index (χ4n) is 1.47. The summed E-state index contributed by atoms with van der Waals surface area (Å²) in [4.78, 5) is 23.6. The number of halogens is 1. The van der Waals surface area contributed by atoms with Gasteiger partial charge in [0, 0.05) is 12.1 Å². The quantitative estimate of drug-likeness (QED) is 0.863. The van der Waals surface area contributed by atoms with Gasteiger partial charge in [0.05, 0.1) is 7.11 Å². The second-order valence-electron chi connectivity index (χ2n) is 3.56. The minimum Gasteiger partial charge on any atom is -0.494 e. The molecule has 0 saturated carbocycles. The number of carbonyl (C=O) groups is 2. The van der Waals surface area contributed by atoms with E-state index in [2.05, 4.69) is 0 Å². The van der Waals surface area contributed by atoms with Crippen molar-refractivity contribution in [2.45, 2.75) is 6.92 Å². The molecule has 0 spiro atoms. The van der Waals surface area contributed by atoms with Gasteiger partial charge in [-0.1, -0.05) is 0 Å². The van der Waals surface area contributed by atoms with Gasteiger partial charge in [0.15, 0.2) is 11.6 Å². The molecule has 18 heavy (non-hydrogen) atoms. The summed E-state index contributed by atoms with van der Waals surface area (Å²) in [6, 6.07) is 3.76. The summed E-state index contributed by atoms with van der Waals surface area (Å²) >= 11 is 0. The van der Waals surface area contributed by atoms with Crippen molar-refractivity contribution in [3.63, 3.8) is 0 Å². The Labute approximate surface area is 104 Å². The molecule has 1 rings (SSSR count). The number of ether oxygens (including phenoxy) is 1. The minimum atomic E-state index is -1.11. The van der Waals surface area contributed by atoms with Gasteiger partial charge in [-0.3, -0.25) is 9.59 Å². The largest absolute Gasteiger partial charge is 0.494 e. The number of methoxy groups -OCH3 is 1. The number of hydrogen-bond donors (Lipinski definition) is 1. The molecule has 1 aromatic carbocycles. The van der Waals surface area contributed by atoms with Gasteiger partial charge in [-0.25, -0.2) is 4.39 Å². The predicted octanol–water partition coefficient (Wildman–Crippen LogP) is 1.38. The van der Waals surface area contributed by atoms with Gasteiger partial charge in [-0.2, -0.15) is 0 Å². The topological polar surface area (TPSA) is 66.8 Å². The maximum Gasteiger partial charge on any atom is 0.323 e. The van der Waals surface area contributed by atoms with Crippen molar-refractivity contribution < 1.29 is 23.8 Å². The summed E-state index contributed by atoms with van der Waals surface area (Å²) in [6.07, 6.45) is 0. The highest BCUT2D eigenvalue weighted by atomic mass is 19.1. The Morgan fingerprint density at radius 3 is 2.56 bits per heavy atom. The van der Waals surface area contributed by atoms with E-state index in [-0.39, 0.29) is 17.9 Å². The highest BCUT2D eigenvalue weighted by Gasteiger charge is 2.18. The molecule has 5 nitrogen and oxygen atoms in total. The second-order valence-corrected chi connectivity index (χ2v) is 3.56.